The summed E-state index contributed by atoms with van der Waals surface area (Å²) in [6.07, 6.45) is 7.92. The van der Waals surface area contributed by atoms with Crippen molar-refractivity contribution in [2.45, 2.75) is 19.3 Å². The molecule has 1 fully saturated rings. The predicted octanol–water partition coefficient (Wildman–Crippen LogP) is 0.586. The first-order valence-electron chi connectivity index (χ1n) is 8.02. The second-order valence-electron chi connectivity index (χ2n) is 5.92. The van der Waals surface area contributed by atoms with E-state index in [9.17, 15) is 14.4 Å². The molecule has 1 aromatic heterocycles. The van der Waals surface area contributed by atoms with Crippen LogP contribution in [0.25, 0.3) is 0 Å². The molecule has 25 heavy (non-hydrogen) atoms. The number of likely N-dealkylation sites (tertiary alicyclic amines) is 1. The van der Waals surface area contributed by atoms with Gasteiger partial charge >= 0.3 is 5.97 Å². The van der Waals surface area contributed by atoms with E-state index in [0.29, 0.717) is 18.4 Å². The molecule has 1 aromatic rings. The maximum atomic E-state index is 12.3. The molecule has 2 atom stereocenters. The first kappa shape index (κ1) is 16.8. The molecule has 8 heteroatoms. The van der Waals surface area contributed by atoms with Gasteiger partial charge in [-0.25, -0.2) is 4.79 Å². The largest absolute Gasteiger partial charge is 0.380 e. The van der Waals surface area contributed by atoms with Gasteiger partial charge in [0.2, 0.25) is 11.8 Å². The van der Waals surface area contributed by atoms with Crippen LogP contribution in [0.1, 0.15) is 24.8 Å². The van der Waals surface area contributed by atoms with Crippen LogP contribution in [0.2, 0.25) is 0 Å². The highest BCUT2D eigenvalue weighted by Crippen LogP contribution is 2.34. The molecule has 0 saturated carbocycles. The fourth-order valence-electron chi connectivity index (χ4n) is 3.01. The van der Waals surface area contributed by atoms with Crippen molar-refractivity contribution in [3.8, 4) is 0 Å². The Bertz CT molecular complexity index is 718. The van der Waals surface area contributed by atoms with Gasteiger partial charge in [0, 0.05) is 24.5 Å². The number of hydrogen-bond donors (Lipinski definition) is 1. The third kappa shape index (κ3) is 3.57. The van der Waals surface area contributed by atoms with Gasteiger partial charge in [-0.15, -0.1) is 0 Å². The third-order valence-corrected chi connectivity index (χ3v) is 4.34. The zero-order valence-electron chi connectivity index (χ0n) is 13.5. The molecule has 0 bridgehead atoms. The fourth-order valence-corrected chi connectivity index (χ4v) is 3.01. The van der Waals surface area contributed by atoms with Crippen molar-refractivity contribution in [3.63, 3.8) is 0 Å². The van der Waals surface area contributed by atoms with Gasteiger partial charge in [0.25, 0.3) is 0 Å². The summed E-state index contributed by atoms with van der Waals surface area (Å²) < 4.78 is 0. The molecule has 8 nitrogen and oxygen atoms in total. The van der Waals surface area contributed by atoms with E-state index in [1.165, 1.54) is 6.20 Å². The molecular weight excluding hydrogens is 324 g/mol. The topological polar surface area (TPSA) is 115 Å². The number of imide groups is 1. The summed E-state index contributed by atoms with van der Waals surface area (Å²) in [5.41, 5.74) is 6.22. The number of allylic oxidation sites excluding steroid dienone is 2. The summed E-state index contributed by atoms with van der Waals surface area (Å²) >= 11 is 0. The summed E-state index contributed by atoms with van der Waals surface area (Å²) in [6.45, 7) is -0.00812. The summed E-state index contributed by atoms with van der Waals surface area (Å²) in [5.74, 6) is -1.68. The maximum absolute atomic E-state index is 12.3. The molecule has 0 unspecified atom stereocenters. The van der Waals surface area contributed by atoms with Crippen molar-refractivity contribution < 1.29 is 19.2 Å². The lowest BCUT2D eigenvalue weighted by atomic mass is 9.85. The van der Waals surface area contributed by atoms with E-state index < -0.39 is 5.97 Å². The molecule has 1 aliphatic carbocycles. The number of carbonyl (C=O) groups excluding carboxylic acids is 3. The fraction of sp³-hybridized carbons (Fsp3) is 0.353. The van der Waals surface area contributed by atoms with Crippen molar-refractivity contribution in [2.75, 3.05) is 6.54 Å². The summed E-state index contributed by atoms with van der Waals surface area (Å²) in [6, 6.07) is 3.36. The lowest BCUT2D eigenvalue weighted by molar-refractivity contribution is -0.145. The van der Waals surface area contributed by atoms with E-state index in [0.717, 1.165) is 4.90 Å². The van der Waals surface area contributed by atoms with E-state index >= 15 is 0 Å². The molecule has 0 radical (unpaired) electrons. The van der Waals surface area contributed by atoms with E-state index in [1.807, 2.05) is 12.2 Å². The molecular formula is C17H18N4O4. The van der Waals surface area contributed by atoms with Crippen LogP contribution >= 0.6 is 0 Å². The number of nitrogens with zero attached hydrogens (tertiary/aromatic N) is 3. The molecule has 130 valence electrons. The normalized spacial score (nSPS) is 22.9. The minimum Gasteiger partial charge on any atom is -0.380 e. The van der Waals surface area contributed by atoms with Crippen molar-refractivity contribution in [1.82, 2.24) is 9.88 Å². The number of pyridine rings is 1. The Morgan fingerprint density at radius 3 is 2.56 bits per heavy atom. The van der Waals surface area contributed by atoms with E-state index in [-0.39, 0.29) is 42.5 Å². The van der Waals surface area contributed by atoms with Crippen LogP contribution in [0.3, 0.4) is 0 Å². The Morgan fingerprint density at radius 1 is 1.28 bits per heavy atom. The lowest BCUT2D eigenvalue weighted by Gasteiger charge is -2.14. The monoisotopic (exact) mass is 342 g/mol. The van der Waals surface area contributed by atoms with Crippen LogP contribution in [0, 0.1) is 11.8 Å². The van der Waals surface area contributed by atoms with Crippen LogP contribution in [0.4, 0.5) is 0 Å². The number of amidine groups is 1. The molecule has 1 aliphatic heterocycles. The van der Waals surface area contributed by atoms with Gasteiger partial charge in [0.1, 0.15) is 0 Å². The summed E-state index contributed by atoms with van der Waals surface area (Å²) in [7, 11) is 0. The Morgan fingerprint density at radius 2 is 1.96 bits per heavy atom. The Hall–Kier alpha value is -3.03. The molecule has 0 spiro atoms. The number of aromatic nitrogens is 1. The van der Waals surface area contributed by atoms with Gasteiger partial charge in [0.05, 0.1) is 18.3 Å². The van der Waals surface area contributed by atoms with Crippen molar-refractivity contribution in [2.24, 2.45) is 22.7 Å². The van der Waals surface area contributed by atoms with Crippen molar-refractivity contribution in [1.29, 1.82) is 0 Å². The van der Waals surface area contributed by atoms with Crippen LogP contribution < -0.4 is 5.73 Å². The maximum Gasteiger partial charge on any atom is 0.336 e. The van der Waals surface area contributed by atoms with Crippen molar-refractivity contribution >= 4 is 23.6 Å². The zero-order chi connectivity index (χ0) is 17.8. The highest BCUT2D eigenvalue weighted by atomic mass is 16.7. The summed E-state index contributed by atoms with van der Waals surface area (Å²) in [4.78, 5) is 46.1. The Kier molecular flexibility index (Phi) is 4.87. The molecule has 3 rings (SSSR count). The Labute approximate surface area is 144 Å². The van der Waals surface area contributed by atoms with Gasteiger partial charge < -0.3 is 10.6 Å². The van der Waals surface area contributed by atoms with E-state index in [4.69, 9.17) is 10.6 Å². The van der Waals surface area contributed by atoms with Crippen molar-refractivity contribution in [3.05, 3.63) is 42.2 Å². The number of oxime groups is 1. The average Bonchev–Trinajstić information content (AvgIpc) is 2.89. The van der Waals surface area contributed by atoms with Crippen LogP contribution in [0.15, 0.2) is 41.8 Å². The van der Waals surface area contributed by atoms with E-state index in [2.05, 4.69) is 10.1 Å². The predicted molar refractivity (Wildman–Crippen MR) is 87.7 cm³/mol. The first-order valence-corrected chi connectivity index (χ1v) is 8.02. The SMILES string of the molecule is N/C(=N/OC(=O)CCN1C(=O)[C@H]2CC=CC[C@H]2C1=O)c1cccnc1. The number of nitrogens with two attached hydrogens (primary N) is 1. The zero-order valence-corrected chi connectivity index (χ0v) is 13.5. The number of hydrogen-bond acceptors (Lipinski definition) is 6. The number of fused-ring (bicyclic) bond motifs is 1. The van der Waals surface area contributed by atoms with Gasteiger partial charge in [-0.2, -0.15) is 0 Å². The van der Waals surface area contributed by atoms with Gasteiger partial charge in [-0.1, -0.05) is 17.3 Å². The standard InChI is InChI=1S/C17H18N4O4/c18-15(11-4-3-8-19-10-11)20-25-14(22)7-9-21-16(23)12-5-1-2-6-13(12)17(21)24/h1-4,8,10,12-13H,5-7,9H2,(H2,18,20)/t12-,13+. The van der Waals surface area contributed by atoms with Crippen LogP contribution in [0.5, 0.6) is 0 Å². The minimum absolute atomic E-state index is 0.00812. The van der Waals surface area contributed by atoms with Gasteiger partial charge in [0.15, 0.2) is 5.84 Å². The van der Waals surface area contributed by atoms with Gasteiger partial charge in [-0.05, 0) is 25.0 Å². The molecule has 1 saturated heterocycles. The van der Waals surface area contributed by atoms with Crippen LogP contribution in [-0.4, -0.2) is 40.0 Å². The molecule has 2 heterocycles. The smallest absolute Gasteiger partial charge is 0.336 e. The lowest BCUT2D eigenvalue weighted by Crippen LogP contribution is -2.33. The van der Waals surface area contributed by atoms with E-state index in [1.54, 1.807) is 18.3 Å². The summed E-state index contributed by atoms with van der Waals surface area (Å²) in [5, 5.41) is 3.56. The van der Waals surface area contributed by atoms with Crippen LogP contribution in [-0.2, 0) is 19.2 Å². The number of rotatable bonds is 5. The molecule has 0 aromatic carbocycles. The second kappa shape index (κ2) is 7.25. The highest BCUT2D eigenvalue weighted by Gasteiger charge is 2.46. The average molecular weight is 342 g/mol. The Balaban J connectivity index is 1.53. The third-order valence-electron chi connectivity index (χ3n) is 4.34. The minimum atomic E-state index is -0.666. The molecule has 2 aliphatic rings. The number of amides is 2. The highest BCUT2D eigenvalue weighted by molar-refractivity contribution is 6.05. The number of carbonyl (C=O) groups is 3. The quantitative estimate of drug-likeness (QED) is 0.209. The van der Waals surface area contributed by atoms with Gasteiger partial charge in [-0.3, -0.25) is 19.5 Å². The molecule has 2 N–H and O–H groups in total. The first-order chi connectivity index (χ1) is 12.1. The second-order valence-corrected chi connectivity index (χ2v) is 5.92. The molecule has 2 amide bonds.